The van der Waals surface area contributed by atoms with Gasteiger partial charge in [-0.25, -0.2) is 4.98 Å². The molecule has 0 saturated carbocycles. The molecule has 0 bridgehead atoms. The van der Waals surface area contributed by atoms with Crippen LogP contribution in [0.5, 0.6) is 0 Å². The maximum absolute atomic E-state index is 12.5. The summed E-state index contributed by atoms with van der Waals surface area (Å²) < 4.78 is 0. The van der Waals surface area contributed by atoms with Gasteiger partial charge in [0.25, 0.3) is 5.91 Å². The fourth-order valence-electron chi connectivity index (χ4n) is 2.16. The number of carbonyl (C=O) groups is 1. The fourth-order valence-corrected chi connectivity index (χ4v) is 2.91. The van der Waals surface area contributed by atoms with Crippen LogP contribution in [-0.2, 0) is 6.42 Å². The highest BCUT2D eigenvalue weighted by Gasteiger charge is 2.16. The lowest BCUT2D eigenvalue weighted by atomic mass is 10.1. The van der Waals surface area contributed by atoms with E-state index < -0.39 is 0 Å². The number of carbonyl (C=O) groups excluding carboxylic acids is 1. The van der Waals surface area contributed by atoms with Crippen molar-refractivity contribution in [2.75, 3.05) is 16.8 Å². The third kappa shape index (κ3) is 3.07. The molecule has 1 aliphatic rings. The van der Waals surface area contributed by atoms with Crippen molar-refractivity contribution in [1.29, 1.82) is 0 Å². The van der Waals surface area contributed by atoms with Gasteiger partial charge in [0, 0.05) is 29.7 Å². The predicted molar refractivity (Wildman–Crippen MR) is 90.9 cm³/mol. The largest absolute Gasteiger partial charge is 0.340 e. The smallest absolute Gasteiger partial charge is 0.259 e. The quantitative estimate of drug-likeness (QED) is 0.942. The molecule has 1 amide bonds. The van der Waals surface area contributed by atoms with E-state index in [0.29, 0.717) is 17.2 Å². The van der Waals surface area contributed by atoms with Crippen LogP contribution in [0.1, 0.15) is 22.2 Å². The molecule has 1 aliphatic heterocycles. The van der Waals surface area contributed by atoms with Gasteiger partial charge in [0.1, 0.15) is 0 Å². The SMILES string of the molecule is CCc1cnc(NC(=O)c2ccccc2N2C=CN=CC2)s1. The van der Waals surface area contributed by atoms with Crippen LogP contribution >= 0.6 is 11.3 Å². The Kier molecular flexibility index (Phi) is 4.29. The number of hydrogen-bond donors (Lipinski definition) is 1. The van der Waals surface area contributed by atoms with Crippen molar-refractivity contribution in [3.63, 3.8) is 0 Å². The molecule has 1 aromatic heterocycles. The molecule has 3 rings (SSSR count). The summed E-state index contributed by atoms with van der Waals surface area (Å²) in [6.45, 7) is 2.72. The average Bonchev–Trinajstić information content (AvgIpc) is 3.03. The zero-order chi connectivity index (χ0) is 15.4. The van der Waals surface area contributed by atoms with Gasteiger partial charge in [0.05, 0.1) is 17.8 Å². The van der Waals surface area contributed by atoms with E-state index in [2.05, 4.69) is 22.2 Å². The Balaban J connectivity index is 1.83. The van der Waals surface area contributed by atoms with E-state index in [1.54, 1.807) is 12.4 Å². The number of nitrogens with zero attached hydrogens (tertiary/aromatic N) is 3. The standard InChI is InChI=1S/C16H16N4OS/c1-2-12-11-18-16(22-12)19-15(21)13-5-3-4-6-14(13)20-9-7-17-8-10-20/h3-9,11H,2,10H2,1H3,(H,18,19,21). The van der Waals surface area contributed by atoms with Crippen LogP contribution in [0.25, 0.3) is 0 Å². The normalized spacial score (nSPS) is 13.4. The minimum atomic E-state index is -0.150. The molecule has 112 valence electrons. The number of aromatic nitrogens is 1. The molecular formula is C16H16N4OS. The fraction of sp³-hybridized carbons (Fsp3) is 0.188. The van der Waals surface area contributed by atoms with Crippen LogP contribution in [0.2, 0.25) is 0 Å². The molecule has 0 saturated heterocycles. The van der Waals surface area contributed by atoms with E-state index >= 15 is 0 Å². The number of thiazole rings is 1. The van der Waals surface area contributed by atoms with E-state index in [1.165, 1.54) is 11.3 Å². The Bertz CT molecular complexity index is 735. The van der Waals surface area contributed by atoms with Crippen LogP contribution in [0.4, 0.5) is 10.8 Å². The number of para-hydroxylation sites is 1. The van der Waals surface area contributed by atoms with Gasteiger partial charge in [0.2, 0.25) is 0 Å². The second-order valence-corrected chi connectivity index (χ2v) is 5.85. The first-order valence-corrected chi connectivity index (χ1v) is 7.89. The molecule has 0 unspecified atom stereocenters. The van der Waals surface area contributed by atoms with Crippen LogP contribution in [0.15, 0.2) is 47.9 Å². The van der Waals surface area contributed by atoms with Gasteiger partial charge < -0.3 is 4.90 Å². The average molecular weight is 312 g/mol. The molecule has 6 heteroatoms. The summed E-state index contributed by atoms with van der Waals surface area (Å²) in [5.74, 6) is -0.150. The van der Waals surface area contributed by atoms with Crippen LogP contribution in [-0.4, -0.2) is 23.7 Å². The van der Waals surface area contributed by atoms with Crippen LogP contribution < -0.4 is 10.2 Å². The van der Waals surface area contributed by atoms with Crippen molar-refractivity contribution in [1.82, 2.24) is 4.98 Å². The Morgan fingerprint density at radius 2 is 2.27 bits per heavy atom. The van der Waals surface area contributed by atoms with E-state index in [0.717, 1.165) is 17.0 Å². The second-order valence-electron chi connectivity index (χ2n) is 4.74. The minimum Gasteiger partial charge on any atom is -0.340 e. The minimum absolute atomic E-state index is 0.150. The zero-order valence-corrected chi connectivity index (χ0v) is 13.0. The number of amides is 1. The molecule has 2 aromatic rings. The van der Waals surface area contributed by atoms with Gasteiger partial charge in [0.15, 0.2) is 5.13 Å². The van der Waals surface area contributed by atoms with E-state index in [-0.39, 0.29) is 5.91 Å². The summed E-state index contributed by atoms with van der Waals surface area (Å²) in [5, 5.41) is 3.51. The van der Waals surface area contributed by atoms with E-state index in [4.69, 9.17) is 0 Å². The second kappa shape index (κ2) is 6.53. The Morgan fingerprint density at radius 1 is 1.41 bits per heavy atom. The highest BCUT2D eigenvalue weighted by molar-refractivity contribution is 7.15. The third-order valence-corrected chi connectivity index (χ3v) is 4.35. The highest BCUT2D eigenvalue weighted by atomic mass is 32.1. The van der Waals surface area contributed by atoms with Crippen molar-refractivity contribution < 1.29 is 4.79 Å². The number of nitrogens with one attached hydrogen (secondary N) is 1. The number of rotatable bonds is 4. The van der Waals surface area contributed by atoms with Gasteiger partial charge >= 0.3 is 0 Å². The van der Waals surface area contributed by atoms with E-state index in [1.807, 2.05) is 41.6 Å². The zero-order valence-electron chi connectivity index (χ0n) is 12.2. The van der Waals surface area contributed by atoms with Crippen LogP contribution in [0.3, 0.4) is 0 Å². The van der Waals surface area contributed by atoms with E-state index in [9.17, 15) is 4.79 Å². The first-order valence-electron chi connectivity index (χ1n) is 7.08. The summed E-state index contributed by atoms with van der Waals surface area (Å²) in [7, 11) is 0. The monoisotopic (exact) mass is 312 g/mol. The van der Waals surface area contributed by atoms with Crippen LogP contribution in [0, 0.1) is 0 Å². The first kappa shape index (κ1) is 14.5. The third-order valence-electron chi connectivity index (χ3n) is 3.30. The molecule has 22 heavy (non-hydrogen) atoms. The molecule has 0 spiro atoms. The van der Waals surface area contributed by atoms with Crippen molar-refractivity contribution >= 4 is 34.3 Å². The lowest BCUT2D eigenvalue weighted by Gasteiger charge is -2.22. The van der Waals surface area contributed by atoms with Gasteiger partial charge in [-0.1, -0.05) is 19.1 Å². The Hall–Kier alpha value is -2.47. The molecule has 1 N–H and O–H groups in total. The highest BCUT2D eigenvalue weighted by Crippen LogP contribution is 2.24. The predicted octanol–water partition coefficient (Wildman–Crippen LogP) is 3.32. The summed E-state index contributed by atoms with van der Waals surface area (Å²) in [6, 6.07) is 7.53. The topological polar surface area (TPSA) is 57.6 Å². The first-order chi connectivity index (χ1) is 10.8. The molecule has 0 fully saturated rings. The number of aliphatic imine (C=N–C) groups is 1. The maximum Gasteiger partial charge on any atom is 0.259 e. The van der Waals surface area contributed by atoms with Gasteiger partial charge in [-0.3, -0.25) is 15.1 Å². The summed E-state index contributed by atoms with van der Waals surface area (Å²) in [6.07, 6.45) is 8.11. The molecule has 2 heterocycles. The molecule has 0 atom stereocenters. The molecule has 1 aromatic carbocycles. The molecule has 0 aliphatic carbocycles. The van der Waals surface area contributed by atoms with Gasteiger partial charge in [-0.15, -0.1) is 11.3 Å². The lowest BCUT2D eigenvalue weighted by molar-refractivity contribution is 0.102. The van der Waals surface area contributed by atoms with Crippen molar-refractivity contribution in [3.8, 4) is 0 Å². The van der Waals surface area contributed by atoms with Crippen molar-refractivity contribution in [2.45, 2.75) is 13.3 Å². The molecular weight excluding hydrogens is 296 g/mol. The molecule has 0 radical (unpaired) electrons. The Morgan fingerprint density at radius 3 is 3.00 bits per heavy atom. The summed E-state index contributed by atoms with van der Waals surface area (Å²) in [4.78, 5) is 24.0. The maximum atomic E-state index is 12.5. The molecule has 5 nitrogen and oxygen atoms in total. The number of hydrogen-bond acceptors (Lipinski definition) is 5. The number of aryl methyl sites for hydroxylation is 1. The number of benzene rings is 1. The lowest BCUT2D eigenvalue weighted by Crippen LogP contribution is -2.24. The number of anilines is 2. The summed E-state index contributed by atoms with van der Waals surface area (Å²) >= 11 is 1.51. The Labute approximate surface area is 133 Å². The van der Waals surface area contributed by atoms with Crippen molar-refractivity contribution in [3.05, 3.63) is 53.3 Å². The summed E-state index contributed by atoms with van der Waals surface area (Å²) in [5.41, 5.74) is 1.48. The van der Waals surface area contributed by atoms with Gasteiger partial charge in [-0.2, -0.15) is 0 Å². The van der Waals surface area contributed by atoms with Crippen molar-refractivity contribution in [2.24, 2.45) is 4.99 Å². The van der Waals surface area contributed by atoms with Gasteiger partial charge in [-0.05, 0) is 18.6 Å².